The molecule has 8 aromatic rings. The Bertz CT molecular complexity index is 2350. The highest BCUT2D eigenvalue weighted by atomic mass is 16.5. The van der Waals surface area contributed by atoms with Gasteiger partial charge in [0.1, 0.15) is 94.9 Å². The lowest BCUT2D eigenvalue weighted by atomic mass is 10.2. The summed E-state index contributed by atoms with van der Waals surface area (Å²) in [5.41, 5.74) is 3.99. The molecule has 16 nitrogen and oxygen atoms in total. The second-order valence-electron chi connectivity index (χ2n) is 14.7. The summed E-state index contributed by atoms with van der Waals surface area (Å²) in [6.45, 7) is 1.62. The molecule has 4 aromatic carbocycles. The molecule has 0 spiro atoms. The van der Waals surface area contributed by atoms with Crippen LogP contribution in [-0.4, -0.2) is 68.3 Å². The van der Waals surface area contributed by atoms with Crippen LogP contribution in [0.5, 0.6) is 23.0 Å². The molecule has 5 heterocycles. The predicted molar refractivity (Wildman–Crippen MR) is 243 cm³/mol. The van der Waals surface area contributed by atoms with Crippen molar-refractivity contribution in [2.45, 2.75) is 26.2 Å². The SMILES string of the molecule is COc1ccc(CN2c3cc(ncn3)N(Cc3ccc(OC)cc3)c3cc(ncn3)N(Cc3ccc(OC)cc3)c3cc(ncn3)N(Cc3ccc(OC)cc3)c3cc2ncn3)cc1. The standard InChI is InChI=1S/C48H44N12O4/c1-61-37-13-5-33(6-14-37)25-57-41-21-43(51-29-49-41)58(26-34-7-15-38(62-2)16-8-34)45-23-47(55-31-53-45)60(28-36-11-19-40(64-4)20-12-36)48-24-46(54-32-56-48)59(44-22-42(57)50-30-52-44)27-35-9-17-39(63-3)18-10-35/h5-24,29-32H,25-28H2,1-4H3. The second kappa shape index (κ2) is 18.7. The summed E-state index contributed by atoms with van der Waals surface area (Å²) in [6.07, 6.45) is 6.24. The number of aromatic nitrogens is 8. The van der Waals surface area contributed by atoms with Crippen LogP contribution < -0.4 is 38.5 Å². The van der Waals surface area contributed by atoms with Gasteiger partial charge < -0.3 is 38.5 Å². The summed E-state index contributed by atoms with van der Waals surface area (Å²) < 4.78 is 21.9. The summed E-state index contributed by atoms with van der Waals surface area (Å²) >= 11 is 0. The first kappa shape index (κ1) is 41.0. The van der Waals surface area contributed by atoms with E-state index in [2.05, 4.69) is 0 Å². The molecule has 0 unspecified atom stereocenters. The lowest BCUT2D eigenvalue weighted by molar-refractivity contribution is 0.414. The highest BCUT2D eigenvalue weighted by Gasteiger charge is 2.25. The van der Waals surface area contributed by atoms with E-state index in [1.54, 1.807) is 53.7 Å². The van der Waals surface area contributed by atoms with Crippen molar-refractivity contribution in [3.63, 3.8) is 0 Å². The highest BCUT2D eigenvalue weighted by molar-refractivity contribution is 5.71. The van der Waals surface area contributed by atoms with Crippen LogP contribution in [0.2, 0.25) is 0 Å². The Hall–Kier alpha value is -8.40. The molecule has 0 aliphatic carbocycles. The van der Waals surface area contributed by atoms with Gasteiger partial charge in [-0.15, -0.1) is 0 Å². The molecule has 16 heteroatoms. The normalized spacial score (nSPS) is 12.2. The fourth-order valence-electron chi connectivity index (χ4n) is 7.30. The quantitative estimate of drug-likeness (QED) is 0.115. The topological polar surface area (TPSA) is 153 Å². The number of rotatable bonds is 12. The maximum absolute atomic E-state index is 5.48. The fourth-order valence-corrected chi connectivity index (χ4v) is 7.30. The smallest absolute Gasteiger partial charge is 0.139 e. The maximum Gasteiger partial charge on any atom is 0.139 e. The Balaban J connectivity index is 1.25. The van der Waals surface area contributed by atoms with Crippen LogP contribution in [0.3, 0.4) is 0 Å². The van der Waals surface area contributed by atoms with E-state index in [1.807, 2.05) is 141 Å². The van der Waals surface area contributed by atoms with E-state index in [1.165, 1.54) is 0 Å². The summed E-state index contributed by atoms with van der Waals surface area (Å²) in [6, 6.07) is 39.5. The Morgan fingerprint density at radius 1 is 0.281 bits per heavy atom. The van der Waals surface area contributed by atoms with Crippen LogP contribution in [-0.2, 0) is 26.2 Å². The minimum Gasteiger partial charge on any atom is -0.497 e. The zero-order valence-corrected chi connectivity index (χ0v) is 35.7. The number of anilines is 8. The van der Waals surface area contributed by atoms with E-state index in [-0.39, 0.29) is 0 Å². The summed E-state index contributed by atoms with van der Waals surface area (Å²) in [5, 5.41) is 0. The summed E-state index contributed by atoms with van der Waals surface area (Å²) in [4.78, 5) is 47.0. The van der Waals surface area contributed by atoms with Gasteiger partial charge in [0.25, 0.3) is 0 Å². The largest absolute Gasteiger partial charge is 0.497 e. The van der Waals surface area contributed by atoms with Crippen LogP contribution in [0.4, 0.5) is 46.5 Å². The molecular formula is C48H44N12O4. The van der Waals surface area contributed by atoms with Gasteiger partial charge in [0.05, 0.1) is 54.6 Å². The third-order valence-electron chi connectivity index (χ3n) is 10.8. The van der Waals surface area contributed by atoms with E-state index < -0.39 is 0 Å². The van der Waals surface area contributed by atoms with Gasteiger partial charge in [0.2, 0.25) is 0 Å². The Kier molecular flexibility index (Phi) is 12.0. The molecule has 0 atom stereocenters. The number of hydrogen-bond acceptors (Lipinski definition) is 16. The minimum absolute atomic E-state index is 0.406. The lowest BCUT2D eigenvalue weighted by Crippen LogP contribution is -2.25. The zero-order valence-electron chi connectivity index (χ0n) is 35.7. The summed E-state index contributed by atoms with van der Waals surface area (Å²) in [5.74, 6) is 7.79. The van der Waals surface area contributed by atoms with Gasteiger partial charge >= 0.3 is 0 Å². The van der Waals surface area contributed by atoms with Crippen molar-refractivity contribution in [2.75, 3.05) is 48.0 Å². The van der Waals surface area contributed by atoms with E-state index in [9.17, 15) is 0 Å². The van der Waals surface area contributed by atoms with E-state index in [4.69, 9.17) is 58.8 Å². The van der Waals surface area contributed by atoms with E-state index in [0.717, 1.165) is 45.3 Å². The van der Waals surface area contributed by atoms with Crippen LogP contribution in [0.25, 0.3) is 0 Å². The lowest BCUT2D eigenvalue weighted by Gasteiger charge is -2.30. The van der Waals surface area contributed by atoms with Crippen molar-refractivity contribution in [3.8, 4) is 23.0 Å². The Morgan fingerprint density at radius 2 is 0.453 bits per heavy atom. The van der Waals surface area contributed by atoms with Crippen LogP contribution >= 0.6 is 0 Å². The van der Waals surface area contributed by atoms with E-state index >= 15 is 0 Å². The minimum atomic E-state index is 0.406. The molecule has 4 aromatic heterocycles. The van der Waals surface area contributed by atoms with Crippen molar-refractivity contribution in [2.24, 2.45) is 0 Å². The average molecular weight is 853 g/mol. The van der Waals surface area contributed by atoms with Crippen molar-refractivity contribution in [1.29, 1.82) is 0 Å². The van der Waals surface area contributed by atoms with Crippen molar-refractivity contribution < 1.29 is 18.9 Å². The number of methoxy groups -OCH3 is 4. The molecule has 8 bridgehead atoms. The number of ether oxygens (including phenoxy) is 4. The third kappa shape index (κ3) is 9.11. The number of nitrogens with zero attached hydrogens (tertiary/aromatic N) is 12. The number of benzene rings is 4. The highest BCUT2D eigenvalue weighted by Crippen LogP contribution is 2.37. The monoisotopic (exact) mass is 852 g/mol. The van der Waals surface area contributed by atoms with Crippen LogP contribution in [0, 0.1) is 0 Å². The predicted octanol–water partition coefficient (Wildman–Crippen LogP) is 8.55. The molecule has 0 radical (unpaired) electrons. The van der Waals surface area contributed by atoms with Crippen molar-refractivity contribution in [3.05, 3.63) is 169 Å². The molecule has 9 rings (SSSR count). The van der Waals surface area contributed by atoms with Crippen molar-refractivity contribution >= 4 is 46.5 Å². The third-order valence-corrected chi connectivity index (χ3v) is 10.8. The molecule has 1 aliphatic heterocycles. The zero-order chi connectivity index (χ0) is 43.8. The molecule has 0 fully saturated rings. The Labute approximate surface area is 370 Å². The first-order valence-electron chi connectivity index (χ1n) is 20.4. The van der Waals surface area contributed by atoms with Gasteiger partial charge in [-0.25, -0.2) is 39.9 Å². The number of fused-ring (bicyclic) bond motifs is 8. The van der Waals surface area contributed by atoms with Gasteiger partial charge in [0.15, 0.2) is 0 Å². The van der Waals surface area contributed by atoms with Gasteiger partial charge in [-0.2, -0.15) is 0 Å². The van der Waals surface area contributed by atoms with Gasteiger partial charge in [-0.1, -0.05) is 48.5 Å². The first-order chi connectivity index (χ1) is 31.5. The molecule has 0 N–H and O–H groups in total. The molecule has 0 saturated carbocycles. The molecule has 0 amide bonds. The first-order valence-corrected chi connectivity index (χ1v) is 20.4. The van der Waals surface area contributed by atoms with E-state index in [0.29, 0.717) is 72.7 Å². The van der Waals surface area contributed by atoms with Gasteiger partial charge in [-0.05, 0) is 70.8 Å². The average Bonchev–Trinajstić information content (AvgIpc) is 3.36. The van der Waals surface area contributed by atoms with Crippen LogP contribution in [0.15, 0.2) is 147 Å². The maximum atomic E-state index is 5.48. The number of hydrogen-bond donors (Lipinski definition) is 0. The van der Waals surface area contributed by atoms with Gasteiger partial charge in [0, 0.05) is 24.3 Å². The Morgan fingerprint density at radius 3 is 0.609 bits per heavy atom. The molecule has 1 aliphatic rings. The van der Waals surface area contributed by atoms with Crippen molar-refractivity contribution in [1.82, 2.24) is 39.9 Å². The van der Waals surface area contributed by atoms with Crippen LogP contribution in [0.1, 0.15) is 22.3 Å². The molecule has 0 saturated heterocycles. The molecular weight excluding hydrogens is 809 g/mol. The second-order valence-corrected chi connectivity index (χ2v) is 14.7. The van der Waals surface area contributed by atoms with Gasteiger partial charge in [-0.3, -0.25) is 0 Å². The molecule has 64 heavy (non-hydrogen) atoms. The fraction of sp³-hybridized carbons (Fsp3) is 0.167. The summed E-state index contributed by atoms with van der Waals surface area (Å²) in [7, 11) is 6.61. The molecule has 320 valence electrons.